The summed E-state index contributed by atoms with van der Waals surface area (Å²) in [6, 6.07) is 5.68. The van der Waals surface area contributed by atoms with Gasteiger partial charge < -0.3 is 20.5 Å². The molecule has 0 radical (unpaired) electrons. The average molecular weight is 306 g/mol. The van der Waals surface area contributed by atoms with Crippen molar-refractivity contribution in [3.8, 4) is 5.75 Å². The lowest BCUT2D eigenvalue weighted by Crippen LogP contribution is -2.41. The van der Waals surface area contributed by atoms with Gasteiger partial charge in [0.15, 0.2) is 0 Å². The van der Waals surface area contributed by atoms with E-state index >= 15 is 0 Å². The highest BCUT2D eigenvalue weighted by Crippen LogP contribution is 2.40. The van der Waals surface area contributed by atoms with E-state index in [1.807, 2.05) is 39.0 Å². The van der Waals surface area contributed by atoms with E-state index in [1.165, 1.54) is 0 Å². The summed E-state index contributed by atoms with van der Waals surface area (Å²) in [6.45, 7) is 6.37. The fraction of sp³-hybridized carbons (Fsp3) is 0.588. The maximum atomic E-state index is 11.8. The molecule has 0 saturated carbocycles. The number of nitrogens with one attached hydrogen (secondary N) is 1. The normalized spacial score (nSPS) is 20.7. The van der Waals surface area contributed by atoms with Gasteiger partial charge in [0.05, 0.1) is 18.7 Å². The zero-order chi connectivity index (χ0) is 16.3. The van der Waals surface area contributed by atoms with Crippen LogP contribution in [0, 0.1) is 0 Å². The number of hydrogen-bond acceptors (Lipinski definition) is 4. The Labute approximate surface area is 132 Å². The summed E-state index contributed by atoms with van der Waals surface area (Å²) >= 11 is 0. The smallest absolute Gasteiger partial charge is 0.220 e. The first-order chi connectivity index (χ1) is 10.4. The second kappa shape index (κ2) is 6.67. The van der Waals surface area contributed by atoms with Crippen LogP contribution in [0.15, 0.2) is 18.2 Å². The van der Waals surface area contributed by atoms with Crippen molar-refractivity contribution >= 4 is 5.91 Å². The van der Waals surface area contributed by atoms with Gasteiger partial charge in [0.1, 0.15) is 11.4 Å². The van der Waals surface area contributed by atoms with Crippen molar-refractivity contribution in [3.05, 3.63) is 29.3 Å². The molecule has 5 nitrogen and oxygen atoms in total. The number of rotatable bonds is 5. The first-order valence-electron chi connectivity index (χ1n) is 7.73. The van der Waals surface area contributed by atoms with Crippen molar-refractivity contribution in [2.75, 3.05) is 13.7 Å². The molecular formula is C17H26N2O3. The second-order valence-electron chi connectivity index (χ2n) is 6.40. The van der Waals surface area contributed by atoms with Crippen molar-refractivity contribution in [3.63, 3.8) is 0 Å². The highest BCUT2D eigenvalue weighted by molar-refractivity contribution is 5.76. The van der Waals surface area contributed by atoms with Gasteiger partial charge in [-0.2, -0.15) is 0 Å². The maximum absolute atomic E-state index is 11.8. The predicted molar refractivity (Wildman–Crippen MR) is 85.7 cm³/mol. The number of hydrogen-bond donors (Lipinski definition) is 2. The fourth-order valence-electron chi connectivity index (χ4n) is 2.80. The Morgan fingerprint density at radius 1 is 1.55 bits per heavy atom. The number of carbonyl (C=O) groups is 1. The highest BCUT2D eigenvalue weighted by atomic mass is 16.5. The summed E-state index contributed by atoms with van der Waals surface area (Å²) < 4.78 is 11.2. The molecule has 2 rings (SSSR count). The van der Waals surface area contributed by atoms with E-state index in [-0.39, 0.29) is 23.6 Å². The molecule has 1 aliphatic rings. The lowest BCUT2D eigenvalue weighted by Gasteiger charge is -2.38. The van der Waals surface area contributed by atoms with Crippen LogP contribution in [0.4, 0.5) is 0 Å². The van der Waals surface area contributed by atoms with E-state index in [1.54, 1.807) is 7.11 Å². The van der Waals surface area contributed by atoms with E-state index in [0.29, 0.717) is 13.0 Å². The van der Waals surface area contributed by atoms with Crippen molar-refractivity contribution in [2.45, 2.75) is 51.3 Å². The number of ether oxygens (including phenoxy) is 2. The molecule has 5 heteroatoms. The van der Waals surface area contributed by atoms with Crippen LogP contribution >= 0.6 is 0 Å². The van der Waals surface area contributed by atoms with Crippen LogP contribution in [0.5, 0.6) is 5.75 Å². The highest BCUT2D eigenvalue weighted by Gasteiger charge is 2.34. The van der Waals surface area contributed by atoms with Crippen LogP contribution in [0.2, 0.25) is 0 Å². The van der Waals surface area contributed by atoms with Crippen molar-refractivity contribution < 1.29 is 14.3 Å². The lowest BCUT2D eigenvalue weighted by molar-refractivity contribution is -0.122. The minimum atomic E-state index is -0.311. The van der Waals surface area contributed by atoms with Crippen LogP contribution in [-0.4, -0.2) is 25.2 Å². The molecule has 0 aliphatic carbocycles. The SMILES string of the molecule is CCC(=O)NC1CC(C)(C)Oc2ccc(C(N)COC)cc21. The molecule has 22 heavy (non-hydrogen) atoms. The summed E-state index contributed by atoms with van der Waals surface area (Å²) in [5.41, 5.74) is 7.78. The number of amides is 1. The third-order valence-corrected chi connectivity index (χ3v) is 3.92. The zero-order valence-electron chi connectivity index (χ0n) is 13.8. The van der Waals surface area contributed by atoms with Crippen LogP contribution in [0.1, 0.15) is 56.8 Å². The standard InChI is InChI=1S/C17H26N2O3/c1-5-16(20)19-14-9-17(2,3)22-15-7-6-11(8-12(14)15)13(18)10-21-4/h6-8,13-14H,5,9-10,18H2,1-4H3,(H,19,20). The van der Waals surface area contributed by atoms with Gasteiger partial charge in [0.25, 0.3) is 0 Å². The Kier molecular flexibility index (Phi) is 5.08. The van der Waals surface area contributed by atoms with E-state index in [9.17, 15) is 4.79 Å². The Morgan fingerprint density at radius 2 is 2.27 bits per heavy atom. The Hall–Kier alpha value is -1.59. The molecule has 2 atom stereocenters. The fourth-order valence-corrected chi connectivity index (χ4v) is 2.80. The summed E-state index contributed by atoms with van der Waals surface area (Å²) in [5.74, 6) is 0.853. The van der Waals surface area contributed by atoms with Crippen molar-refractivity contribution in [2.24, 2.45) is 5.73 Å². The van der Waals surface area contributed by atoms with Gasteiger partial charge >= 0.3 is 0 Å². The van der Waals surface area contributed by atoms with Gasteiger partial charge in [0.2, 0.25) is 5.91 Å². The van der Waals surface area contributed by atoms with E-state index in [0.717, 1.165) is 23.3 Å². The summed E-state index contributed by atoms with van der Waals surface area (Å²) in [7, 11) is 1.63. The van der Waals surface area contributed by atoms with Gasteiger partial charge in [0, 0.05) is 25.5 Å². The molecule has 0 bridgehead atoms. The first-order valence-corrected chi connectivity index (χ1v) is 7.73. The summed E-state index contributed by atoms with van der Waals surface area (Å²) in [6.07, 6.45) is 1.20. The molecule has 1 amide bonds. The van der Waals surface area contributed by atoms with Crippen LogP contribution in [-0.2, 0) is 9.53 Å². The van der Waals surface area contributed by atoms with Gasteiger partial charge in [-0.15, -0.1) is 0 Å². The molecule has 1 aromatic rings. The molecule has 1 aromatic carbocycles. The third-order valence-electron chi connectivity index (χ3n) is 3.92. The van der Waals surface area contributed by atoms with Gasteiger partial charge in [-0.1, -0.05) is 13.0 Å². The largest absolute Gasteiger partial charge is 0.487 e. The molecule has 0 spiro atoms. The van der Waals surface area contributed by atoms with Crippen molar-refractivity contribution in [1.29, 1.82) is 0 Å². The second-order valence-corrected chi connectivity index (χ2v) is 6.40. The third kappa shape index (κ3) is 3.78. The number of methoxy groups -OCH3 is 1. The van der Waals surface area contributed by atoms with Gasteiger partial charge in [-0.25, -0.2) is 0 Å². The van der Waals surface area contributed by atoms with Crippen LogP contribution in [0.25, 0.3) is 0 Å². The van der Waals surface area contributed by atoms with E-state index in [2.05, 4.69) is 5.32 Å². The molecule has 0 aromatic heterocycles. The van der Waals surface area contributed by atoms with E-state index in [4.69, 9.17) is 15.2 Å². The minimum absolute atomic E-state index is 0.0419. The summed E-state index contributed by atoms with van der Waals surface area (Å²) in [5, 5.41) is 3.09. The molecule has 1 heterocycles. The topological polar surface area (TPSA) is 73.6 Å². The Balaban J connectivity index is 2.34. The van der Waals surface area contributed by atoms with Crippen molar-refractivity contribution in [1.82, 2.24) is 5.32 Å². The Bertz CT molecular complexity index is 543. The number of benzene rings is 1. The monoisotopic (exact) mass is 306 g/mol. The number of nitrogens with two attached hydrogens (primary N) is 1. The Morgan fingerprint density at radius 3 is 2.91 bits per heavy atom. The van der Waals surface area contributed by atoms with Crippen LogP contribution < -0.4 is 15.8 Å². The molecule has 1 aliphatic heterocycles. The average Bonchev–Trinajstić information content (AvgIpc) is 2.45. The molecule has 0 saturated heterocycles. The molecule has 3 N–H and O–H groups in total. The van der Waals surface area contributed by atoms with Gasteiger partial charge in [-0.3, -0.25) is 4.79 Å². The molecule has 122 valence electrons. The lowest BCUT2D eigenvalue weighted by atomic mass is 9.88. The maximum Gasteiger partial charge on any atom is 0.220 e. The quantitative estimate of drug-likeness (QED) is 0.876. The molecule has 0 fully saturated rings. The zero-order valence-corrected chi connectivity index (χ0v) is 13.8. The number of fused-ring (bicyclic) bond motifs is 1. The van der Waals surface area contributed by atoms with Gasteiger partial charge in [-0.05, 0) is 31.5 Å². The predicted octanol–water partition coefficient (Wildman–Crippen LogP) is 2.46. The number of carbonyl (C=O) groups excluding carboxylic acids is 1. The van der Waals surface area contributed by atoms with E-state index < -0.39 is 0 Å². The molecular weight excluding hydrogens is 280 g/mol. The molecule has 2 unspecified atom stereocenters. The summed E-state index contributed by atoms with van der Waals surface area (Å²) in [4.78, 5) is 11.8. The first kappa shape index (κ1) is 16.8. The van der Waals surface area contributed by atoms with Crippen LogP contribution in [0.3, 0.4) is 0 Å². The minimum Gasteiger partial charge on any atom is -0.487 e.